The molecule has 17 nitrogen and oxygen atoms in total. The molecule has 27 heteroatoms. The number of alkyl halides is 3. The van der Waals surface area contributed by atoms with Gasteiger partial charge in [-0.05, 0) is 156 Å². The van der Waals surface area contributed by atoms with Gasteiger partial charge in [0.15, 0.2) is 16.2 Å². The molecule has 444 valence electrons. The number of allylic oxidation sites excluding steroid dienone is 4. The summed E-state index contributed by atoms with van der Waals surface area (Å²) in [5.41, 5.74) is -2.02. The number of esters is 1. The highest BCUT2D eigenvalue weighted by molar-refractivity contribution is 7.99. The Bertz CT molecular complexity index is 3620. The molecule has 1 aromatic heterocycles. The lowest BCUT2D eigenvalue weighted by Gasteiger charge is -2.37. The molecule has 1 aliphatic carbocycles. The van der Waals surface area contributed by atoms with E-state index in [1.807, 2.05) is 57.4 Å². The number of ether oxygens (including phenoxy) is 1. The summed E-state index contributed by atoms with van der Waals surface area (Å²) in [7, 11) is -19.2. The van der Waals surface area contributed by atoms with Crippen LogP contribution < -0.4 is 19.8 Å². The Labute approximate surface area is 484 Å². The summed E-state index contributed by atoms with van der Waals surface area (Å²) in [4.78, 5) is 35.6. The quantitative estimate of drug-likeness (QED) is 0.0232. The van der Waals surface area contributed by atoms with Gasteiger partial charge in [0, 0.05) is 95.1 Å². The van der Waals surface area contributed by atoms with Crippen molar-refractivity contribution in [2.24, 2.45) is 5.92 Å². The molecule has 0 radical (unpaired) electrons. The van der Waals surface area contributed by atoms with Crippen molar-refractivity contribution in [3.8, 4) is 11.1 Å². The summed E-state index contributed by atoms with van der Waals surface area (Å²) in [5.74, 6) is -1.62. The second-order valence-electron chi connectivity index (χ2n) is 20.7. The van der Waals surface area contributed by atoms with E-state index in [4.69, 9.17) is 26.1 Å². The van der Waals surface area contributed by atoms with Crippen molar-refractivity contribution in [2.45, 2.75) is 90.0 Å². The Morgan fingerprint density at radius 1 is 0.854 bits per heavy atom. The van der Waals surface area contributed by atoms with Crippen LogP contribution in [-0.4, -0.2) is 126 Å². The molecule has 2 saturated heterocycles. The molecule has 0 unspecified atom stereocenters. The maximum Gasteiger partial charge on any atom is 0.501 e. The minimum Gasteiger partial charge on any atom is -0.452 e. The lowest BCUT2D eigenvalue weighted by molar-refractivity contribution is -0.148. The summed E-state index contributed by atoms with van der Waals surface area (Å²) >= 11 is 7.70. The lowest BCUT2D eigenvalue weighted by Crippen LogP contribution is -2.46. The first kappa shape index (κ1) is 62.7. The van der Waals surface area contributed by atoms with Crippen molar-refractivity contribution in [1.82, 2.24) is 9.47 Å². The molecule has 3 aliphatic rings. The van der Waals surface area contributed by atoms with Crippen molar-refractivity contribution in [1.29, 1.82) is 0 Å². The van der Waals surface area contributed by atoms with E-state index in [2.05, 4.69) is 10.0 Å². The number of rotatable bonds is 21. The molecule has 2 fully saturated rings. The molecule has 0 saturated carbocycles. The number of hydrogen-bond acceptors (Lipinski definition) is 14. The predicted molar refractivity (Wildman–Crippen MR) is 312 cm³/mol. The van der Waals surface area contributed by atoms with Gasteiger partial charge >= 0.3 is 19.1 Å². The van der Waals surface area contributed by atoms with E-state index in [-0.39, 0.29) is 28.8 Å². The Morgan fingerprint density at radius 3 is 2.09 bits per heavy atom. The van der Waals surface area contributed by atoms with Gasteiger partial charge in [-0.3, -0.25) is 14.1 Å². The van der Waals surface area contributed by atoms with Gasteiger partial charge in [-0.2, -0.15) is 13.2 Å². The molecule has 1 atom stereocenters. The standard InChI is InChI=1S/C55H64ClF4N6O11PS4/c1-36(2)66-37(3)53(80(4,71)72)51(52(66)38-10-12-41(56)13-11-38)40-30-42(57)32-46(31-40)65-28-26-64(27-29-65)45-16-14-43(15-17-45)62-82(75,76)48-18-19-49(50(33-48)81(73,74)55(58,59)60)61-44(34-79-47-8-6-5-7-9-47)22-25-63-23-20-39(21-24-63)54(67)77-35-78(68,69)70/h5-10,12,14-19,30-33,36,39,44,61-62H,11,13,20-29,34-35H2,1-4H3,(H2,68,69,70)/t44-/m1/s1. The van der Waals surface area contributed by atoms with Crippen LogP contribution in [0.25, 0.3) is 16.7 Å². The number of sulfonamides is 1. The van der Waals surface area contributed by atoms with Crippen molar-refractivity contribution in [3.05, 3.63) is 125 Å². The maximum atomic E-state index is 15.8. The Hall–Kier alpha value is -5.37. The number of likely N-dealkylation sites (tertiary alicyclic amines) is 1. The number of nitrogens with one attached hydrogen (secondary N) is 2. The van der Waals surface area contributed by atoms with E-state index in [0.29, 0.717) is 116 Å². The van der Waals surface area contributed by atoms with Gasteiger partial charge in [0.25, 0.3) is 19.9 Å². The SMILES string of the molecule is Cc1c(S(C)(=O)=O)c(-c2cc(F)cc(N3CCN(c4ccc(NS(=O)(=O)c5ccc(N[C@H](CCN6CCC(C(=O)OCP(=O)(O)O)CC6)CSc6ccccc6)c(S(=O)(=O)C(F)(F)F)c5)cc4)CC3)c2)c(C2=CC=C(Cl)CC2)n1C(C)C. The molecule has 4 aromatic carbocycles. The number of aromatic nitrogens is 1. The number of piperazine rings is 1. The Morgan fingerprint density at radius 2 is 1.50 bits per heavy atom. The third-order valence-corrected chi connectivity index (χ3v) is 20.6. The first-order valence-corrected chi connectivity index (χ1v) is 34.3. The highest BCUT2D eigenvalue weighted by Gasteiger charge is 2.48. The fourth-order valence-electron chi connectivity index (χ4n) is 10.5. The number of carbonyl (C=O) groups excluding carboxylic acids is 1. The average Bonchev–Trinajstić information content (AvgIpc) is 2.11. The van der Waals surface area contributed by atoms with E-state index < -0.39 is 88.4 Å². The van der Waals surface area contributed by atoms with Crippen molar-refractivity contribution >= 4 is 94.9 Å². The zero-order chi connectivity index (χ0) is 59.5. The summed E-state index contributed by atoms with van der Waals surface area (Å²) in [6.45, 7) is 8.59. The summed E-state index contributed by atoms with van der Waals surface area (Å²) in [6, 6.07) is 21.6. The van der Waals surface area contributed by atoms with Gasteiger partial charge < -0.3 is 39.1 Å². The second-order valence-corrected chi connectivity index (χ2v) is 29.4. The molecule has 82 heavy (non-hydrogen) atoms. The molecular formula is C55H64ClF4N6O11PS4. The summed E-state index contributed by atoms with van der Waals surface area (Å²) in [5, 5.41) is 3.64. The van der Waals surface area contributed by atoms with Gasteiger partial charge in [0.2, 0.25) is 0 Å². The Kier molecular flexibility index (Phi) is 19.5. The minimum atomic E-state index is -6.14. The molecule has 8 rings (SSSR count). The zero-order valence-electron chi connectivity index (χ0n) is 45.3. The van der Waals surface area contributed by atoms with Crippen LogP contribution in [-0.2, 0) is 43.8 Å². The van der Waals surface area contributed by atoms with Crippen LogP contribution in [0.3, 0.4) is 0 Å². The van der Waals surface area contributed by atoms with Crippen LogP contribution in [0.2, 0.25) is 0 Å². The highest BCUT2D eigenvalue weighted by Crippen LogP contribution is 2.45. The number of piperidine rings is 1. The summed E-state index contributed by atoms with van der Waals surface area (Å²) in [6.07, 6.45) is 5.86. The molecule has 0 spiro atoms. The minimum absolute atomic E-state index is 0.0367. The number of hydrogen-bond donors (Lipinski definition) is 4. The summed E-state index contributed by atoms with van der Waals surface area (Å²) < 4.78 is 161. The predicted octanol–water partition coefficient (Wildman–Crippen LogP) is 10.7. The van der Waals surface area contributed by atoms with Gasteiger partial charge in [0.05, 0.1) is 27.1 Å². The number of sulfone groups is 2. The molecule has 0 bridgehead atoms. The molecule has 4 N–H and O–H groups in total. The topological polar surface area (TPSA) is 225 Å². The number of nitrogens with zero attached hydrogens (tertiary/aromatic N) is 4. The van der Waals surface area contributed by atoms with Gasteiger partial charge in [-0.25, -0.2) is 29.6 Å². The molecular weight excluding hydrogens is 1190 g/mol. The number of thioether (sulfide) groups is 1. The van der Waals surface area contributed by atoms with E-state index >= 15 is 4.39 Å². The van der Waals surface area contributed by atoms with Crippen molar-refractivity contribution < 1.29 is 66.7 Å². The fourth-order valence-corrected chi connectivity index (χ4v) is 15.3. The number of halogens is 5. The van der Waals surface area contributed by atoms with Crippen LogP contribution in [0.1, 0.15) is 63.4 Å². The highest BCUT2D eigenvalue weighted by atomic mass is 35.5. The third-order valence-electron chi connectivity index (χ3n) is 14.5. The number of carbonyl (C=O) groups is 1. The Balaban J connectivity index is 0.964. The maximum absolute atomic E-state index is 15.8. The largest absolute Gasteiger partial charge is 0.501 e. The van der Waals surface area contributed by atoms with Crippen LogP contribution in [0.4, 0.5) is 40.3 Å². The normalized spacial score (nSPS) is 16.7. The lowest BCUT2D eigenvalue weighted by atomic mass is 9.95. The van der Waals surface area contributed by atoms with Crippen molar-refractivity contribution in [3.63, 3.8) is 0 Å². The first-order valence-electron chi connectivity index (χ1n) is 26.3. The van der Waals surface area contributed by atoms with Crippen LogP contribution in [0.15, 0.2) is 128 Å². The van der Waals surface area contributed by atoms with E-state index in [1.165, 1.54) is 36.0 Å². The van der Waals surface area contributed by atoms with Gasteiger partial charge in [-0.1, -0.05) is 35.9 Å². The average molecular weight is 1260 g/mol. The monoisotopic (exact) mass is 1250 g/mol. The van der Waals surface area contributed by atoms with Crippen LogP contribution >= 0.6 is 31.0 Å². The van der Waals surface area contributed by atoms with Crippen LogP contribution in [0, 0.1) is 18.7 Å². The molecule has 3 heterocycles. The molecule has 5 aromatic rings. The zero-order valence-corrected chi connectivity index (χ0v) is 50.2. The van der Waals surface area contributed by atoms with Crippen LogP contribution in [0.5, 0.6) is 0 Å². The smallest absolute Gasteiger partial charge is 0.452 e. The third kappa shape index (κ3) is 15.1. The molecule has 0 amide bonds. The van der Waals surface area contributed by atoms with Gasteiger partial charge in [0.1, 0.15) is 10.7 Å². The number of benzene rings is 4. The fraction of sp³-hybridized carbons (Fsp3) is 0.400. The number of anilines is 4. The van der Waals surface area contributed by atoms with Gasteiger partial charge in [-0.15, -0.1) is 11.8 Å². The van der Waals surface area contributed by atoms with E-state index in [0.717, 1.165) is 28.9 Å². The van der Waals surface area contributed by atoms with Crippen molar-refractivity contribution in [2.75, 3.05) is 84.0 Å². The molecule has 2 aliphatic heterocycles. The van der Waals surface area contributed by atoms with E-state index in [9.17, 15) is 47.8 Å². The second kappa shape index (κ2) is 25.5. The first-order chi connectivity index (χ1) is 38.5. The van der Waals surface area contributed by atoms with E-state index in [1.54, 1.807) is 43.3 Å².